The van der Waals surface area contributed by atoms with Crippen LogP contribution in [0.3, 0.4) is 0 Å². The van der Waals surface area contributed by atoms with Gasteiger partial charge in [-0.25, -0.2) is 0 Å². The van der Waals surface area contributed by atoms with E-state index in [1.807, 2.05) is 48.7 Å². The van der Waals surface area contributed by atoms with Crippen molar-refractivity contribution in [2.45, 2.75) is 13.0 Å². The summed E-state index contributed by atoms with van der Waals surface area (Å²) in [5.41, 5.74) is 1.31. The van der Waals surface area contributed by atoms with Crippen LogP contribution in [0.5, 0.6) is 0 Å². The number of hydrogen-bond donors (Lipinski definition) is 0. The number of pyridine rings is 1. The van der Waals surface area contributed by atoms with Crippen LogP contribution in [0, 0.1) is 0 Å². The molecular formula is C17H14BrNO. The molecule has 0 aliphatic rings. The number of aryl methyl sites for hydroxylation is 2. The highest BCUT2D eigenvalue weighted by atomic mass is 79.9. The van der Waals surface area contributed by atoms with E-state index in [1.54, 1.807) is 4.57 Å². The first-order valence-electron chi connectivity index (χ1n) is 6.57. The smallest absolute Gasteiger partial charge is 0.258 e. The molecule has 1 aromatic heterocycles. The Hall–Kier alpha value is -1.87. The van der Waals surface area contributed by atoms with Crippen molar-refractivity contribution in [1.82, 2.24) is 4.57 Å². The minimum Gasteiger partial charge on any atom is -0.315 e. The van der Waals surface area contributed by atoms with Crippen molar-refractivity contribution in [3.05, 3.63) is 81.2 Å². The Bertz CT molecular complexity index is 793. The fourth-order valence-corrected chi connectivity index (χ4v) is 2.68. The van der Waals surface area contributed by atoms with Crippen LogP contribution < -0.4 is 5.56 Å². The molecular weight excluding hydrogens is 314 g/mol. The van der Waals surface area contributed by atoms with Gasteiger partial charge in [0.15, 0.2) is 0 Å². The van der Waals surface area contributed by atoms with Crippen LogP contribution >= 0.6 is 15.9 Å². The quantitative estimate of drug-likeness (QED) is 0.712. The maximum absolute atomic E-state index is 12.4. The summed E-state index contributed by atoms with van der Waals surface area (Å²) in [6.45, 7) is 0.700. The van der Waals surface area contributed by atoms with E-state index < -0.39 is 0 Å². The molecule has 0 saturated carbocycles. The first-order chi connectivity index (χ1) is 9.74. The second-order valence-corrected chi connectivity index (χ2v) is 5.70. The van der Waals surface area contributed by atoms with E-state index in [4.69, 9.17) is 0 Å². The van der Waals surface area contributed by atoms with E-state index >= 15 is 0 Å². The van der Waals surface area contributed by atoms with Crippen molar-refractivity contribution < 1.29 is 0 Å². The Balaban J connectivity index is 1.92. The SMILES string of the molecule is O=c1c2cc(Br)ccc2ccn1CCc1ccccc1. The summed E-state index contributed by atoms with van der Waals surface area (Å²) in [6.07, 6.45) is 2.74. The number of aromatic nitrogens is 1. The van der Waals surface area contributed by atoms with Gasteiger partial charge in [-0.15, -0.1) is 0 Å². The highest BCUT2D eigenvalue weighted by Gasteiger charge is 2.03. The molecule has 0 spiro atoms. The predicted octanol–water partition coefficient (Wildman–Crippen LogP) is 4.01. The fraction of sp³-hybridized carbons (Fsp3) is 0.118. The minimum atomic E-state index is 0.0692. The van der Waals surface area contributed by atoms with Gasteiger partial charge in [0.2, 0.25) is 0 Å². The van der Waals surface area contributed by atoms with E-state index in [9.17, 15) is 4.79 Å². The molecule has 20 heavy (non-hydrogen) atoms. The lowest BCUT2D eigenvalue weighted by Crippen LogP contribution is -2.20. The lowest BCUT2D eigenvalue weighted by Gasteiger charge is -2.07. The number of benzene rings is 2. The van der Waals surface area contributed by atoms with Gasteiger partial charge < -0.3 is 4.57 Å². The largest absolute Gasteiger partial charge is 0.315 e. The molecule has 3 heteroatoms. The molecule has 0 N–H and O–H groups in total. The molecule has 0 bridgehead atoms. The molecule has 0 amide bonds. The lowest BCUT2D eigenvalue weighted by molar-refractivity contribution is 0.675. The maximum Gasteiger partial charge on any atom is 0.258 e. The van der Waals surface area contributed by atoms with Gasteiger partial charge in [0, 0.05) is 22.6 Å². The predicted molar refractivity (Wildman–Crippen MR) is 86.1 cm³/mol. The molecule has 0 radical (unpaired) electrons. The number of hydrogen-bond acceptors (Lipinski definition) is 1. The van der Waals surface area contributed by atoms with Crippen LogP contribution in [0.2, 0.25) is 0 Å². The summed E-state index contributed by atoms with van der Waals surface area (Å²) < 4.78 is 2.71. The Labute approximate surface area is 125 Å². The number of halogens is 1. The van der Waals surface area contributed by atoms with Gasteiger partial charge in [0.25, 0.3) is 5.56 Å². The molecule has 3 aromatic rings. The zero-order chi connectivity index (χ0) is 13.9. The first-order valence-corrected chi connectivity index (χ1v) is 7.36. The molecule has 0 atom stereocenters. The van der Waals surface area contributed by atoms with Crippen LogP contribution in [0.4, 0.5) is 0 Å². The van der Waals surface area contributed by atoms with Gasteiger partial charge in [0.05, 0.1) is 0 Å². The van der Waals surface area contributed by atoms with Gasteiger partial charge >= 0.3 is 0 Å². The van der Waals surface area contributed by atoms with Crippen LogP contribution in [0.1, 0.15) is 5.56 Å². The molecule has 2 aromatic carbocycles. The number of rotatable bonds is 3. The third kappa shape index (κ3) is 2.68. The second-order valence-electron chi connectivity index (χ2n) is 4.78. The topological polar surface area (TPSA) is 22.0 Å². The first kappa shape index (κ1) is 13.1. The summed E-state index contributed by atoms with van der Waals surface area (Å²) in [5, 5.41) is 1.74. The van der Waals surface area contributed by atoms with E-state index in [0.29, 0.717) is 6.54 Å². The monoisotopic (exact) mass is 327 g/mol. The van der Waals surface area contributed by atoms with Crippen LogP contribution in [0.15, 0.2) is 70.1 Å². The zero-order valence-electron chi connectivity index (χ0n) is 10.9. The Morgan fingerprint density at radius 3 is 2.60 bits per heavy atom. The van der Waals surface area contributed by atoms with E-state index in [-0.39, 0.29) is 5.56 Å². The Morgan fingerprint density at radius 1 is 1.00 bits per heavy atom. The Morgan fingerprint density at radius 2 is 1.80 bits per heavy atom. The van der Waals surface area contributed by atoms with Crippen LogP contribution in [0.25, 0.3) is 10.8 Å². The summed E-state index contributed by atoms with van der Waals surface area (Å²) in [4.78, 5) is 12.4. The lowest BCUT2D eigenvalue weighted by atomic mass is 10.1. The van der Waals surface area contributed by atoms with E-state index in [0.717, 1.165) is 21.7 Å². The van der Waals surface area contributed by atoms with Gasteiger partial charge in [-0.3, -0.25) is 4.79 Å². The minimum absolute atomic E-state index is 0.0692. The van der Waals surface area contributed by atoms with Crippen LogP contribution in [-0.2, 0) is 13.0 Å². The summed E-state index contributed by atoms with van der Waals surface area (Å²) >= 11 is 3.42. The molecule has 0 saturated heterocycles. The normalized spacial score (nSPS) is 10.8. The molecule has 0 aliphatic heterocycles. The van der Waals surface area contributed by atoms with Gasteiger partial charge in [-0.1, -0.05) is 52.3 Å². The fourth-order valence-electron chi connectivity index (χ4n) is 2.32. The average molecular weight is 328 g/mol. The van der Waals surface area contributed by atoms with Gasteiger partial charge in [-0.05, 0) is 35.6 Å². The highest BCUT2D eigenvalue weighted by molar-refractivity contribution is 9.10. The highest BCUT2D eigenvalue weighted by Crippen LogP contribution is 2.16. The van der Waals surface area contributed by atoms with Crippen molar-refractivity contribution in [3.8, 4) is 0 Å². The van der Waals surface area contributed by atoms with Crippen molar-refractivity contribution in [2.75, 3.05) is 0 Å². The van der Waals surface area contributed by atoms with Gasteiger partial charge in [0.1, 0.15) is 0 Å². The van der Waals surface area contributed by atoms with Crippen LogP contribution in [-0.4, -0.2) is 4.57 Å². The summed E-state index contributed by atoms with van der Waals surface area (Å²) in [5.74, 6) is 0. The number of nitrogens with zero attached hydrogens (tertiary/aromatic N) is 1. The van der Waals surface area contributed by atoms with Crippen molar-refractivity contribution in [2.24, 2.45) is 0 Å². The molecule has 2 nitrogen and oxygen atoms in total. The number of fused-ring (bicyclic) bond motifs is 1. The molecule has 100 valence electrons. The van der Waals surface area contributed by atoms with Gasteiger partial charge in [-0.2, -0.15) is 0 Å². The second kappa shape index (κ2) is 5.63. The van der Waals surface area contributed by atoms with E-state index in [1.165, 1.54) is 5.56 Å². The third-order valence-electron chi connectivity index (χ3n) is 3.42. The van der Waals surface area contributed by atoms with E-state index in [2.05, 4.69) is 28.1 Å². The van der Waals surface area contributed by atoms with Crippen molar-refractivity contribution in [1.29, 1.82) is 0 Å². The van der Waals surface area contributed by atoms with Crippen molar-refractivity contribution >= 4 is 26.7 Å². The van der Waals surface area contributed by atoms with Crippen molar-refractivity contribution in [3.63, 3.8) is 0 Å². The Kier molecular flexibility index (Phi) is 3.70. The molecule has 1 heterocycles. The maximum atomic E-state index is 12.4. The molecule has 0 unspecified atom stereocenters. The standard InChI is InChI=1S/C17H14BrNO/c18-15-7-6-14-9-11-19(17(20)16(14)12-15)10-8-13-4-2-1-3-5-13/h1-7,9,11-12H,8,10H2. The average Bonchev–Trinajstić information content (AvgIpc) is 2.48. The molecule has 0 aliphatic carbocycles. The third-order valence-corrected chi connectivity index (χ3v) is 3.92. The molecule has 3 rings (SSSR count). The summed E-state index contributed by atoms with van der Waals surface area (Å²) in [7, 11) is 0. The summed E-state index contributed by atoms with van der Waals surface area (Å²) in [6, 6.07) is 18.0. The zero-order valence-corrected chi connectivity index (χ0v) is 12.5. The molecule has 0 fully saturated rings.